The number of carbonyl (C=O) groups is 1. The van der Waals surface area contributed by atoms with Gasteiger partial charge in [-0.05, 0) is 38.1 Å². The van der Waals surface area contributed by atoms with Crippen molar-refractivity contribution in [2.75, 3.05) is 26.1 Å². The number of benzene rings is 1. The zero-order valence-corrected chi connectivity index (χ0v) is 23.1. The Hall–Kier alpha value is -3.10. The quantitative estimate of drug-likeness (QED) is 0.137. The predicted molar refractivity (Wildman–Crippen MR) is 140 cm³/mol. The van der Waals surface area contributed by atoms with Crippen LogP contribution in [-0.2, 0) is 28.1 Å². The molecule has 3 aromatic rings. The minimum Gasteiger partial charge on any atom is -0.464 e. The van der Waals surface area contributed by atoms with Crippen LogP contribution in [0.2, 0.25) is 0 Å². The van der Waals surface area contributed by atoms with Crippen molar-refractivity contribution < 1.29 is 42.8 Å². The molecular weight excluding hydrogens is 545 g/mol. The summed E-state index contributed by atoms with van der Waals surface area (Å²) < 4.78 is 43.3. The van der Waals surface area contributed by atoms with Gasteiger partial charge in [0, 0.05) is 20.1 Å². The van der Waals surface area contributed by atoms with Crippen molar-refractivity contribution >= 4 is 25.1 Å². The van der Waals surface area contributed by atoms with E-state index in [-0.39, 0.29) is 18.2 Å². The molecule has 14 nitrogen and oxygen atoms in total. The van der Waals surface area contributed by atoms with Gasteiger partial charge in [0.2, 0.25) is 0 Å². The van der Waals surface area contributed by atoms with Gasteiger partial charge in [-0.15, -0.1) is 0 Å². The van der Waals surface area contributed by atoms with Crippen molar-refractivity contribution in [2.24, 2.45) is 0 Å². The fraction of sp³-hybridized carbons (Fsp3) is 0.480. The van der Waals surface area contributed by atoms with Crippen LogP contribution < -0.4 is 15.3 Å². The van der Waals surface area contributed by atoms with E-state index in [1.807, 2.05) is 0 Å². The number of nitrogens with two attached hydrogens (primary N) is 1. The van der Waals surface area contributed by atoms with E-state index in [0.717, 1.165) is 0 Å². The molecule has 15 heteroatoms. The van der Waals surface area contributed by atoms with Gasteiger partial charge in [-0.2, -0.15) is 10.2 Å². The molecule has 0 radical (unpaired) electrons. The van der Waals surface area contributed by atoms with Crippen LogP contribution in [0, 0.1) is 0 Å². The molecule has 2 unspecified atom stereocenters. The number of aliphatic hydroxyl groups is 2. The van der Waals surface area contributed by atoms with Gasteiger partial charge in [0.15, 0.2) is 11.4 Å². The van der Waals surface area contributed by atoms with Crippen LogP contribution >= 0.6 is 7.75 Å². The molecule has 40 heavy (non-hydrogen) atoms. The Morgan fingerprint density at radius 2 is 2.02 bits per heavy atom. The maximum atomic E-state index is 14.0. The predicted octanol–water partition coefficient (Wildman–Crippen LogP) is 1.38. The SMILES string of the molecule is COCCCOC(=O)[C@H](C)NP(=O)(Oc1ccccc1)OC1[C@@]2(C)O[C@@H](c3ccc4c(N)ncnn34)[C@H](O)[C@@]12O. The molecule has 1 aromatic carbocycles. The monoisotopic (exact) mass is 577 g/mol. The summed E-state index contributed by atoms with van der Waals surface area (Å²) >= 11 is 0. The highest BCUT2D eigenvalue weighted by Crippen LogP contribution is 2.68. The average Bonchev–Trinajstić information content (AvgIpc) is 3.20. The summed E-state index contributed by atoms with van der Waals surface area (Å²) in [5.74, 6) is -0.255. The Labute approximate surface area is 229 Å². The lowest BCUT2D eigenvalue weighted by Crippen LogP contribution is -2.38. The number of aliphatic hydroxyl groups excluding tert-OH is 1. The molecule has 0 bridgehead atoms. The molecule has 1 saturated carbocycles. The van der Waals surface area contributed by atoms with Crippen molar-refractivity contribution in [2.45, 2.75) is 55.8 Å². The molecular formula is C25H32N5O9P. The first-order valence-corrected chi connectivity index (χ1v) is 14.2. The van der Waals surface area contributed by atoms with Crippen LogP contribution in [0.1, 0.15) is 32.1 Å². The Morgan fingerprint density at radius 3 is 2.70 bits per heavy atom. The lowest BCUT2D eigenvalue weighted by atomic mass is 10.0. The van der Waals surface area contributed by atoms with Crippen LogP contribution in [0.3, 0.4) is 0 Å². The number of carbonyl (C=O) groups excluding carboxylic acids is 1. The van der Waals surface area contributed by atoms with Crippen molar-refractivity contribution in [3.63, 3.8) is 0 Å². The summed E-state index contributed by atoms with van der Waals surface area (Å²) in [5, 5.41) is 29.5. The van der Waals surface area contributed by atoms with Crippen LogP contribution in [0.4, 0.5) is 5.82 Å². The van der Waals surface area contributed by atoms with Gasteiger partial charge in [-0.1, -0.05) is 18.2 Å². The van der Waals surface area contributed by atoms with Gasteiger partial charge in [-0.25, -0.2) is 14.1 Å². The first kappa shape index (κ1) is 28.4. The number of nitrogen functional groups attached to an aromatic ring is 1. The molecule has 1 aliphatic carbocycles. The number of para-hydroxylation sites is 1. The zero-order chi connectivity index (χ0) is 28.7. The number of nitrogens with one attached hydrogen (secondary N) is 1. The number of rotatable bonds is 12. The molecule has 0 amide bonds. The van der Waals surface area contributed by atoms with Crippen LogP contribution in [0.5, 0.6) is 5.75 Å². The molecule has 7 atom stereocenters. The summed E-state index contributed by atoms with van der Waals surface area (Å²) in [6, 6.07) is 10.4. The second kappa shape index (κ2) is 10.7. The van der Waals surface area contributed by atoms with E-state index in [1.165, 1.54) is 31.8 Å². The fourth-order valence-electron chi connectivity index (χ4n) is 4.94. The van der Waals surface area contributed by atoms with E-state index in [2.05, 4.69) is 15.2 Å². The summed E-state index contributed by atoms with van der Waals surface area (Å²) in [4.78, 5) is 16.5. The Bertz CT molecular complexity index is 1420. The third-order valence-corrected chi connectivity index (χ3v) is 8.82. The number of methoxy groups -OCH3 is 1. The largest absolute Gasteiger partial charge is 0.464 e. The molecule has 2 fully saturated rings. The third-order valence-electron chi connectivity index (χ3n) is 7.18. The maximum Gasteiger partial charge on any atom is 0.459 e. The van der Waals surface area contributed by atoms with Gasteiger partial charge in [0.1, 0.15) is 47.5 Å². The van der Waals surface area contributed by atoms with Crippen molar-refractivity contribution in [3.8, 4) is 5.75 Å². The number of nitrogens with zero attached hydrogens (tertiary/aromatic N) is 3. The highest BCUT2D eigenvalue weighted by Gasteiger charge is 2.87. The molecule has 0 spiro atoms. The molecule has 2 aromatic heterocycles. The van der Waals surface area contributed by atoms with Crippen LogP contribution in [-0.4, -0.2) is 80.6 Å². The summed E-state index contributed by atoms with van der Waals surface area (Å²) in [5.41, 5.74) is 3.42. The van der Waals surface area contributed by atoms with E-state index < -0.39 is 49.3 Å². The molecule has 1 saturated heterocycles. The smallest absolute Gasteiger partial charge is 0.459 e. The Morgan fingerprint density at radius 1 is 1.27 bits per heavy atom. The minimum absolute atomic E-state index is 0.107. The molecule has 3 heterocycles. The van der Waals surface area contributed by atoms with Crippen molar-refractivity contribution in [1.82, 2.24) is 19.7 Å². The topological polar surface area (TPSA) is 189 Å². The van der Waals surface area contributed by atoms with Crippen LogP contribution in [0.15, 0.2) is 48.8 Å². The van der Waals surface area contributed by atoms with Crippen molar-refractivity contribution in [1.29, 1.82) is 0 Å². The summed E-state index contributed by atoms with van der Waals surface area (Å²) in [6.07, 6.45) is -2.02. The minimum atomic E-state index is -4.35. The molecule has 1 aliphatic heterocycles. The molecule has 2 aliphatic rings. The summed E-state index contributed by atoms with van der Waals surface area (Å²) in [7, 11) is -2.81. The molecule has 5 N–H and O–H groups in total. The van der Waals surface area contributed by atoms with Gasteiger partial charge in [-0.3, -0.25) is 9.32 Å². The van der Waals surface area contributed by atoms with E-state index in [9.17, 15) is 19.6 Å². The number of ether oxygens (including phenoxy) is 3. The van der Waals surface area contributed by atoms with Crippen molar-refractivity contribution in [3.05, 3.63) is 54.5 Å². The lowest BCUT2D eigenvalue weighted by molar-refractivity contribution is -0.145. The lowest BCUT2D eigenvalue weighted by Gasteiger charge is -2.27. The number of hydrogen-bond donors (Lipinski definition) is 4. The van der Waals surface area contributed by atoms with Gasteiger partial charge >= 0.3 is 13.7 Å². The maximum absolute atomic E-state index is 14.0. The number of fused-ring (bicyclic) bond motifs is 2. The Balaban J connectivity index is 1.34. The zero-order valence-electron chi connectivity index (χ0n) is 22.2. The van der Waals surface area contributed by atoms with E-state index in [0.29, 0.717) is 24.2 Å². The number of esters is 1. The van der Waals surface area contributed by atoms with Crippen LogP contribution in [0.25, 0.3) is 5.52 Å². The number of hydrogen-bond acceptors (Lipinski definition) is 12. The van der Waals surface area contributed by atoms with E-state index in [4.69, 9.17) is 29.0 Å². The third kappa shape index (κ3) is 4.85. The van der Waals surface area contributed by atoms with Gasteiger partial charge < -0.3 is 34.7 Å². The number of anilines is 1. The highest BCUT2D eigenvalue weighted by atomic mass is 31.2. The Kier molecular flexibility index (Phi) is 7.61. The molecule has 216 valence electrons. The second-order valence-electron chi connectivity index (χ2n) is 9.87. The van der Waals surface area contributed by atoms with Gasteiger partial charge in [0.05, 0.1) is 12.3 Å². The average molecular weight is 578 g/mol. The standard InChI is InChI=1S/C25H32N5O9P/c1-15(22(32)36-13-7-12-35-3)29-40(34,38-16-8-5-4-6-9-16)39-23-24(2)25(23,33)20(31)19(37-24)17-10-11-18-21(26)27-14-28-30(17)18/h4-6,8-11,14-15,19-20,23,31,33H,7,12-13H2,1-3H3,(H,29,34)(H2,26,27,28)/t15-,19-,20-,23?,24+,25+,40?/m0/s1. The van der Waals surface area contributed by atoms with E-state index in [1.54, 1.807) is 42.5 Å². The first-order chi connectivity index (χ1) is 19.0. The number of aromatic nitrogens is 3. The first-order valence-electron chi connectivity index (χ1n) is 12.7. The highest BCUT2D eigenvalue weighted by molar-refractivity contribution is 7.52. The normalized spacial score (nSPS) is 29.5. The van der Waals surface area contributed by atoms with Gasteiger partial charge in [0.25, 0.3) is 0 Å². The fourth-order valence-corrected chi connectivity index (χ4v) is 6.72. The van der Waals surface area contributed by atoms with E-state index >= 15 is 0 Å². The second-order valence-corrected chi connectivity index (χ2v) is 11.5. The summed E-state index contributed by atoms with van der Waals surface area (Å²) in [6.45, 7) is 3.49. The molecule has 5 rings (SSSR count).